The molecule has 2 atom stereocenters. The lowest BCUT2D eigenvalue weighted by atomic mass is 10.2. The monoisotopic (exact) mass is 240 g/mol. The van der Waals surface area contributed by atoms with Crippen LogP contribution in [0.4, 0.5) is 8.78 Å². The zero-order valence-electron chi connectivity index (χ0n) is 8.50. The van der Waals surface area contributed by atoms with E-state index in [0.29, 0.717) is 19.6 Å². The van der Waals surface area contributed by atoms with Crippen LogP contribution in [0.2, 0.25) is 0 Å². The van der Waals surface area contributed by atoms with E-state index in [2.05, 4.69) is 5.32 Å². The molecule has 15 heavy (non-hydrogen) atoms. The highest BCUT2D eigenvalue weighted by molar-refractivity contribution is 5.85. The van der Waals surface area contributed by atoms with E-state index in [9.17, 15) is 13.6 Å². The largest absolute Gasteiger partial charge is 0.339 e. The summed E-state index contributed by atoms with van der Waals surface area (Å²) in [5.74, 6) is -4.14. The molecule has 0 spiro atoms. The van der Waals surface area contributed by atoms with Crippen LogP contribution in [-0.2, 0) is 4.79 Å². The summed E-state index contributed by atoms with van der Waals surface area (Å²) in [6.07, 6.45) is -0.260. The summed E-state index contributed by atoms with van der Waals surface area (Å²) in [5.41, 5.74) is 0. The molecule has 2 aliphatic rings. The van der Waals surface area contributed by atoms with Crippen molar-refractivity contribution < 1.29 is 13.6 Å². The van der Waals surface area contributed by atoms with Crippen LogP contribution in [0.1, 0.15) is 13.3 Å². The van der Waals surface area contributed by atoms with Crippen molar-refractivity contribution in [3.05, 3.63) is 0 Å². The molecule has 1 aliphatic heterocycles. The molecule has 1 saturated carbocycles. The fraction of sp³-hybridized carbons (Fsp3) is 0.889. The quantitative estimate of drug-likeness (QED) is 0.738. The molecular weight excluding hydrogens is 226 g/mol. The molecular formula is C9H15ClF2N2O. The number of amides is 1. The highest BCUT2D eigenvalue weighted by Crippen LogP contribution is 2.49. The maximum atomic E-state index is 12.6. The highest BCUT2D eigenvalue weighted by atomic mass is 35.5. The second kappa shape index (κ2) is 4.22. The molecule has 1 aliphatic carbocycles. The van der Waals surface area contributed by atoms with Gasteiger partial charge in [0.1, 0.15) is 5.92 Å². The molecule has 1 saturated heterocycles. The van der Waals surface area contributed by atoms with E-state index in [1.54, 1.807) is 4.90 Å². The van der Waals surface area contributed by atoms with E-state index in [1.807, 2.05) is 6.92 Å². The summed E-state index contributed by atoms with van der Waals surface area (Å²) >= 11 is 0. The molecule has 1 N–H and O–H groups in total. The summed E-state index contributed by atoms with van der Waals surface area (Å²) in [7, 11) is 0. The van der Waals surface area contributed by atoms with Crippen LogP contribution in [0.15, 0.2) is 0 Å². The fourth-order valence-electron chi connectivity index (χ4n) is 1.83. The van der Waals surface area contributed by atoms with Gasteiger partial charge in [-0.05, 0) is 6.92 Å². The first-order chi connectivity index (χ1) is 6.50. The van der Waals surface area contributed by atoms with Crippen molar-refractivity contribution in [1.29, 1.82) is 0 Å². The van der Waals surface area contributed by atoms with Crippen molar-refractivity contribution in [1.82, 2.24) is 10.2 Å². The third-order valence-electron chi connectivity index (χ3n) is 2.80. The van der Waals surface area contributed by atoms with Gasteiger partial charge < -0.3 is 10.2 Å². The van der Waals surface area contributed by atoms with Crippen molar-refractivity contribution in [2.75, 3.05) is 19.6 Å². The minimum Gasteiger partial charge on any atom is -0.339 e. The zero-order chi connectivity index (χ0) is 10.3. The van der Waals surface area contributed by atoms with Crippen LogP contribution in [0.5, 0.6) is 0 Å². The van der Waals surface area contributed by atoms with Crippen LogP contribution in [0.3, 0.4) is 0 Å². The van der Waals surface area contributed by atoms with Gasteiger partial charge in [-0.3, -0.25) is 4.79 Å². The number of carbonyl (C=O) groups is 1. The van der Waals surface area contributed by atoms with Gasteiger partial charge in [0.25, 0.3) is 5.92 Å². The molecule has 0 radical (unpaired) electrons. The molecule has 1 heterocycles. The number of hydrogen-bond acceptors (Lipinski definition) is 2. The molecule has 88 valence electrons. The van der Waals surface area contributed by atoms with Crippen molar-refractivity contribution in [2.24, 2.45) is 5.92 Å². The van der Waals surface area contributed by atoms with Gasteiger partial charge in [-0.15, -0.1) is 12.4 Å². The SMILES string of the molecule is C[C@@H]1CN(C(=O)C2CC2(F)F)CCN1.Cl. The second-order valence-electron chi connectivity index (χ2n) is 4.16. The molecule has 1 amide bonds. The van der Waals surface area contributed by atoms with Gasteiger partial charge in [0.15, 0.2) is 0 Å². The maximum absolute atomic E-state index is 12.6. The summed E-state index contributed by atoms with van der Waals surface area (Å²) in [6, 6.07) is 0.208. The summed E-state index contributed by atoms with van der Waals surface area (Å²) < 4.78 is 25.3. The first-order valence-corrected chi connectivity index (χ1v) is 4.91. The predicted octanol–water partition coefficient (Wildman–Crippen LogP) is 0.884. The Morgan fingerprint density at radius 1 is 1.53 bits per heavy atom. The van der Waals surface area contributed by atoms with Gasteiger partial charge >= 0.3 is 0 Å². The first kappa shape index (κ1) is 12.6. The minimum atomic E-state index is -2.73. The van der Waals surface area contributed by atoms with Gasteiger partial charge in [0, 0.05) is 32.1 Å². The Kier molecular flexibility index (Phi) is 3.55. The average Bonchev–Trinajstić information content (AvgIpc) is 2.74. The van der Waals surface area contributed by atoms with Gasteiger partial charge in [-0.1, -0.05) is 0 Å². The van der Waals surface area contributed by atoms with E-state index < -0.39 is 11.8 Å². The minimum absolute atomic E-state index is 0. The Morgan fingerprint density at radius 3 is 2.60 bits per heavy atom. The second-order valence-corrected chi connectivity index (χ2v) is 4.16. The van der Waals surface area contributed by atoms with Crippen molar-refractivity contribution in [3.63, 3.8) is 0 Å². The molecule has 0 aromatic rings. The van der Waals surface area contributed by atoms with Crippen LogP contribution < -0.4 is 5.32 Å². The Bertz CT molecular complexity index is 262. The van der Waals surface area contributed by atoms with E-state index in [-0.39, 0.29) is 30.8 Å². The third kappa shape index (κ3) is 2.58. The molecule has 3 nitrogen and oxygen atoms in total. The van der Waals surface area contributed by atoms with Gasteiger partial charge in [-0.2, -0.15) is 0 Å². The van der Waals surface area contributed by atoms with E-state index in [4.69, 9.17) is 0 Å². The van der Waals surface area contributed by atoms with Crippen LogP contribution in [0.25, 0.3) is 0 Å². The molecule has 6 heteroatoms. The van der Waals surface area contributed by atoms with E-state index >= 15 is 0 Å². The van der Waals surface area contributed by atoms with E-state index in [0.717, 1.165) is 0 Å². The van der Waals surface area contributed by atoms with E-state index in [1.165, 1.54) is 0 Å². The maximum Gasteiger partial charge on any atom is 0.260 e. The average molecular weight is 241 g/mol. The Morgan fingerprint density at radius 2 is 2.13 bits per heavy atom. The summed E-state index contributed by atoms with van der Waals surface area (Å²) in [6.45, 7) is 3.75. The number of alkyl halides is 2. The number of piperazine rings is 1. The highest BCUT2D eigenvalue weighted by Gasteiger charge is 2.62. The van der Waals surface area contributed by atoms with Gasteiger partial charge in [0.2, 0.25) is 5.91 Å². The van der Waals surface area contributed by atoms with Crippen molar-refractivity contribution >= 4 is 18.3 Å². The number of rotatable bonds is 1. The molecule has 0 aromatic carbocycles. The molecule has 2 rings (SSSR count). The Labute approximate surface area is 93.6 Å². The smallest absolute Gasteiger partial charge is 0.260 e. The topological polar surface area (TPSA) is 32.3 Å². The fourth-order valence-corrected chi connectivity index (χ4v) is 1.83. The molecule has 0 aromatic heterocycles. The lowest BCUT2D eigenvalue weighted by Crippen LogP contribution is -2.52. The Hall–Kier alpha value is -0.420. The first-order valence-electron chi connectivity index (χ1n) is 4.91. The molecule has 0 bridgehead atoms. The molecule has 1 unspecified atom stereocenters. The lowest BCUT2D eigenvalue weighted by Gasteiger charge is -2.32. The standard InChI is InChI=1S/C9H14F2N2O.ClH/c1-6-5-13(3-2-12-6)8(14)7-4-9(7,10)11;/h6-7,12H,2-5H2,1H3;1H/t6-,7?;/m1./s1. The summed E-state index contributed by atoms with van der Waals surface area (Å²) in [5, 5.41) is 3.17. The third-order valence-corrected chi connectivity index (χ3v) is 2.80. The predicted molar refractivity (Wildman–Crippen MR) is 54.3 cm³/mol. The number of nitrogens with zero attached hydrogens (tertiary/aromatic N) is 1. The number of halogens is 3. The lowest BCUT2D eigenvalue weighted by molar-refractivity contribution is -0.135. The number of nitrogens with one attached hydrogen (secondary N) is 1. The number of hydrogen-bond donors (Lipinski definition) is 1. The van der Waals surface area contributed by atoms with Gasteiger partial charge in [-0.25, -0.2) is 8.78 Å². The summed E-state index contributed by atoms with van der Waals surface area (Å²) in [4.78, 5) is 13.1. The van der Waals surface area contributed by atoms with Crippen molar-refractivity contribution in [2.45, 2.75) is 25.3 Å². The molecule has 2 fully saturated rings. The zero-order valence-corrected chi connectivity index (χ0v) is 9.32. The number of carbonyl (C=O) groups excluding carboxylic acids is 1. The van der Waals surface area contributed by atoms with Crippen LogP contribution in [-0.4, -0.2) is 42.4 Å². The van der Waals surface area contributed by atoms with Crippen LogP contribution >= 0.6 is 12.4 Å². The van der Waals surface area contributed by atoms with Crippen LogP contribution in [0, 0.1) is 5.92 Å². The Balaban J connectivity index is 0.00000112. The van der Waals surface area contributed by atoms with Crippen molar-refractivity contribution in [3.8, 4) is 0 Å². The van der Waals surface area contributed by atoms with Gasteiger partial charge in [0.05, 0.1) is 0 Å². The normalized spacial score (nSPS) is 33.1.